The number of allylic oxidation sites excluding steroid dienone is 3. The fourth-order valence-corrected chi connectivity index (χ4v) is 7.33. The molecule has 0 bridgehead atoms. The van der Waals surface area contributed by atoms with Gasteiger partial charge in [-0.25, -0.2) is 4.98 Å². The van der Waals surface area contributed by atoms with E-state index in [9.17, 15) is 9.59 Å². The number of benzene rings is 2. The topological polar surface area (TPSA) is 147 Å². The van der Waals surface area contributed by atoms with Crippen LogP contribution in [0.15, 0.2) is 72.9 Å². The summed E-state index contributed by atoms with van der Waals surface area (Å²) in [4.78, 5) is 35.6. The van der Waals surface area contributed by atoms with Gasteiger partial charge in [-0.15, -0.1) is 11.8 Å². The number of hydrogen-bond acceptors (Lipinski definition) is 9. The van der Waals surface area contributed by atoms with E-state index in [0.29, 0.717) is 56.5 Å². The molecule has 6 rings (SSSR count). The molecule has 4 N–H and O–H groups in total. The maximum Gasteiger partial charge on any atom is 0.241 e. The standard InChI is InChI=1S/C37H45N9O3S/c1-5-6-7-28(20-32(38)49-3)34-30-21-29(12-13-31(30)41-42-34)40-36(48)37(50-4)16-19-45(23-37)22-33(47)46-17-14-26(15-18-46)25-8-10-27(11-9-25)35-39-24-44(2)43-35/h7-14,20-21,24H,5-6,15-19,22-23,38H2,1-4H3,(H,40,48)(H,41,42)/b28-7+,32-20+/t37-/m0/s1. The lowest BCUT2D eigenvalue weighted by molar-refractivity contribution is -0.132. The third kappa shape index (κ3) is 7.63. The van der Waals surface area contributed by atoms with Gasteiger partial charge in [0.1, 0.15) is 11.1 Å². The number of likely N-dealkylation sites (tertiary alicyclic amines) is 1. The van der Waals surface area contributed by atoms with Crippen molar-refractivity contribution in [3.05, 3.63) is 84.2 Å². The second kappa shape index (κ2) is 15.3. The molecule has 4 aromatic rings. The summed E-state index contributed by atoms with van der Waals surface area (Å²) in [7, 11) is 3.39. The molecule has 13 heteroatoms. The number of H-pyrrole nitrogens is 1. The first-order valence-electron chi connectivity index (χ1n) is 16.9. The highest BCUT2D eigenvalue weighted by atomic mass is 32.2. The van der Waals surface area contributed by atoms with E-state index >= 15 is 0 Å². The smallest absolute Gasteiger partial charge is 0.241 e. The van der Waals surface area contributed by atoms with Gasteiger partial charge in [0, 0.05) is 61.5 Å². The summed E-state index contributed by atoms with van der Waals surface area (Å²) in [5, 5.41) is 16.1. The van der Waals surface area contributed by atoms with Gasteiger partial charge in [-0.1, -0.05) is 49.8 Å². The number of thioether (sulfide) groups is 1. The summed E-state index contributed by atoms with van der Waals surface area (Å²) < 4.78 is 6.23. The van der Waals surface area contributed by atoms with Crippen LogP contribution < -0.4 is 11.1 Å². The highest BCUT2D eigenvalue weighted by molar-refractivity contribution is 8.00. The predicted molar refractivity (Wildman–Crippen MR) is 200 cm³/mol. The van der Waals surface area contributed by atoms with E-state index < -0.39 is 4.75 Å². The molecule has 0 unspecified atom stereocenters. The number of nitrogens with two attached hydrogens (primary N) is 1. The molecule has 2 aliphatic heterocycles. The third-order valence-corrected chi connectivity index (χ3v) is 10.7. The number of carbonyl (C=O) groups excluding carboxylic acids is 2. The number of carbonyl (C=O) groups is 2. The molecule has 12 nitrogen and oxygen atoms in total. The van der Waals surface area contributed by atoms with Crippen LogP contribution in [0.2, 0.25) is 0 Å². The molecule has 4 heterocycles. The first-order chi connectivity index (χ1) is 24.2. The minimum atomic E-state index is -0.664. The van der Waals surface area contributed by atoms with E-state index in [1.165, 1.54) is 12.7 Å². The van der Waals surface area contributed by atoms with Crippen molar-refractivity contribution in [2.75, 3.05) is 51.4 Å². The number of aromatic nitrogens is 5. The van der Waals surface area contributed by atoms with Crippen LogP contribution >= 0.6 is 11.8 Å². The van der Waals surface area contributed by atoms with Gasteiger partial charge in [0.2, 0.25) is 11.8 Å². The Hall–Kier alpha value is -4.88. The van der Waals surface area contributed by atoms with Gasteiger partial charge in [0.25, 0.3) is 0 Å². The molecule has 2 aliphatic rings. The maximum atomic E-state index is 13.8. The van der Waals surface area contributed by atoms with E-state index in [1.807, 2.05) is 48.5 Å². The molecule has 1 fully saturated rings. The quantitative estimate of drug-likeness (QED) is 0.137. The van der Waals surface area contributed by atoms with Crippen molar-refractivity contribution in [1.82, 2.24) is 34.8 Å². The molecule has 0 radical (unpaired) electrons. The zero-order chi connectivity index (χ0) is 35.3. The SMILES string of the molecule is CCC/C=C(\C=C(/N)OC)c1n[nH]c2ccc(NC(=O)[C@]3(SC)CCN(CC(=O)N4CC=C(c5ccc(-c6ncn(C)n6)cc5)CC4)C3)cc12. The molecule has 2 aromatic heterocycles. The van der Waals surface area contributed by atoms with Gasteiger partial charge >= 0.3 is 0 Å². The van der Waals surface area contributed by atoms with Gasteiger partial charge in [-0.3, -0.25) is 24.3 Å². The number of methoxy groups -OCH3 is 1. The number of hydrogen-bond donors (Lipinski definition) is 3. The number of rotatable bonds is 12. The summed E-state index contributed by atoms with van der Waals surface area (Å²) in [6, 6.07) is 14.0. The molecule has 2 aromatic carbocycles. The van der Waals surface area contributed by atoms with E-state index in [4.69, 9.17) is 10.5 Å². The Kier molecular flexibility index (Phi) is 10.7. The number of fused-ring (bicyclic) bond motifs is 1. The first-order valence-corrected chi connectivity index (χ1v) is 18.2. The van der Waals surface area contributed by atoms with Gasteiger partial charge in [-0.05, 0) is 54.9 Å². The van der Waals surface area contributed by atoms with Crippen molar-refractivity contribution in [1.29, 1.82) is 0 Å². The van der Waals surface area contributed by atoms with Crippen molar-refractivity contribution in [3.8, 4) is 11.4 Å². The lowest BCUT2D eigenvalue weighted by atomic mass is 9.98. The van der Waals surface area contributed by atoms with E-state index in [0.717, 1.165) is 52.6 Å². The number of aromatic amines is 1. The Morgan fingerprint density at radius 3 is 2.64 bits per heavy atom. The molecule has 0 saturated carbocycles. The normalized spacial score (nSPS) is 18.8. The lowest BCUT2D eigenvalue weighted by Gasteiger charge is -2.29. The van der Waals surface area contributed by atoms with Crippen LogP contribution in [0.1, 0.15) is 43.9 Å². The minimum absolute atomic E-state index is 0.0648. The van der Waals surface area contributed by atoms with Crippen LogP contribution in [-0.4, -0.2) is 97.4 Å². The Morgan fingerprint density at radius 1 is 1.16 bits per heavy atom. The summed E-state index contributed by atoms with van der Waals surface area (Å²) in [6.45, 7) is 4.82. The third-order valence-electron chi connectivity index (χ3n) is 9.43. The summed E-state index contributed by atoms with van der Waals surface area (Å²) in [5.74, 6) is 1.02. The predicted octanol–water partition coefficient (Wildman–Crippen LogP) is 5.05. The van der Waals surface area contributed by atoms with Crippen LogP contribution in [0.4, 0.5) is 5.69 Å². The van der Waals surface area contributed by atoms with Crippen molar-refractivity contribution < 1.29 is 14.3 Å². The summed E-state index contributed by atoms with van der Waals surface area (Å²) >= 11 is 1.54. The number of anilines is 1. The summed E-state index contributed by atoms with van der Waals surface area (Å²) in [5.41, 5.74) is 12.5. The van der Waals surface area contributed by atoms with Crippen molar-refractivity contribution in [2.24, 2.45) is 12.8 Å². The second-order valence-electron chi connectivity index (χ2n) is 12.8. The van der Waals surface area contributed by atoms with Crippen molar-refractivity contribution >= 4 is 51.3 Å². The molecule has 1 saturated heterocycles. The molecule has 50 heavy (non-hydrogen) atoms. The average Bonchev–Trinajstić information content (AvgIpc) is 3.89. The Morgan fingerprint density at radius 2 is 1.96 bits per heavy atom. The molecule has 1 atom stereocenters. The van der Waals surface area contributed by atoms with E-state index in [1.54, 1.807) is 28.8 Å². The minimum Gasteiger partial charge on any atom is -0.483 e. The van der Waals surface area contributed by atoms with Crippen LogP contribution in [-0.2, 0) is 21.4 Å². The van der Waals surface area contributed by atoms with Crippen LogP contribution in [0.3, 0.4) is 0 Å². The highest BCUT2D eigenvalue weighted by Gasteiger charge is 2.44. The van der Waals surface area contributed by atoms with Gasteiger partial charge in [0.15, 0.2) is 11.7 Å². The average molecular weight is 696 g/mol. The zero-order valence-electron chi connectivity index (χ0n) is 29.1. The zero-order valence-corrected chi connectivity index (χ0v) is 29.9. The fourth-order valence-electron chi connectivity index (χ4n) is 6.48. The Bertz CT molecular complexity index is 1940. The molecule has 0 spiro atoms. The molecule has 262 valence electrons. The van der Waals surface area contributed by atoms with Gasteiger partial charge < -0.3 is 20.7 Å². The first kappa shape index (κ1) is 35.0. The fraction of sp³-hybridized carbons (Fsp3) is 0.378. The molecule has 0 aliphatic carbocycles. The Balaban J connectivity index is 1.07. The number of nitrogens with zero attached hydrogens (tertiary/aromatic N) is 6. The monoisotopic (exact) mass is 695 g/mol. The number of amides is 2. The highest BCUT2D eigenvalue weighted by Crippen LogP contribution is 2.36. The molecular weight excluding hydrogens is 651 g/mol. The Labute approximate surface area is 296 Å². The number of unbranched alkanes of at least 4 members (excludes halogenated alkanes) is 1. The second-order valence-corrected chi connectivity index (χ2v) is 14.0. The van der Waals surface area contributed by atoms with Crippen molar-refractivity contribution in [2.45, 2.75) is 37.4 Å². The van der Waals surface area contributed by atoms with E-state index in [2.05, 4.69) is 61.7 Å². The van der Waals surface area contributed by atoms with Crippen LogP contribution in [0, 0.1) is 0 Å². The van der Waals surface area contributed by atoms with E-state index in [-0.39, 0.29) is 11.8 Å². The van der Waals surface area contributed by atoms with Crippen LogP contribution in [0.25, 0.3) is 33.4 Å². The van der Waals surface area contributed by atoms with Crippen molar-refractivity contribution in [3.63, 3.8) is 0 Å². The van der Waals surface area contributed by atoms with Gasteiger partial charge in [0.05, 0.1) is 24.9 Å². The largest absolute Gasteiger partial charge is 0.483 e. The maximum absolute atomic E-state index is 13.8. The number of ether oxygens (including phenoxy) is 1. The lowest BCUT2D eigenvalue weighted by Crippen LogP contribution is -2.45. The van der Waals surface area contributed by atoms with Crippen LogP contribution in [0.5, 0.6) is 0 Å². The number of aryl methyl sites for hydroxylation is 1. The number of nitrogens with one attached hydrogen (secondary N) is 2. The summed E-state index contributed by atoms with van der Waals surface area (Å²) in [6.07, 6.45) is 13.0. The molecule has 2 amide bonds. The van der Waals surface area contributed by atoms with Gasteiger partial charge in [-0.2, -0.15) is 10.2 Å². The molecular formula is C37H45N9O3S.